The van der Waals surface area contributed by atoms with Crippen molar-refractivity contribution in [3.8, 4) is 0 Å². The van der Waals surface area contributed by atoms with Crippen LogP contribution in [0.2, 0.25) is 15.1 Å². The Kier molecular flexibility index (Phi) is 5.23. The summed E-state index contributed by atoms with van der Waals surface area (Å²) in [4.78, 5) is 26.4. The van der Waals surface area contributed by atoms with Crippen LogP contribution in [0.25, 0.3) is 0 Å². The highest BCUT2D eigenvalue weighted by Gasteiger charge is 2.36. The minimum atomic E-state index is -0.477. The molecule has 7 heteroatoms. The number of nitrogens with one attached hydrogen (secondary N) is 1. The molecule has 1 aliphatic rings. The van der Waals surface area contributed by atoms with Gasteiger partial charge in [0.2, 0.25) is 11.8 Å². The van der Waals surface area contributed by atoms with Crippen LogP contribution in [-0.2, 0) is 9.59 Å². The van der Waals surface area contributed by atoms with Crippen LogP contribution in [-0.4, -0.2) is 18.4 Å². The molecule has 2 aromatic carbocycles. The van der Waals surface area contributed by atoms with Crippen molar-refractivity contribution in [1.29, 1.82) is 0 Å². The number of benzene rings is 2. The Hall–Kier alpha value is -1.75. The number of halogens is 3. The van der Waals surface area contributed by atoms with E-state index < -0.39 is 5.92 Å². The first-order valence-corrected chi connectivity index (χ1v) is 8.81. The van der Waals surface area contributed by atoms with E-state index in [1.165, 1.54) is 4.90 Å². The van der Waals surface area contributed by atoms with E-state index in [1.807, 2.05) is 6.92 Å². The molecule has 0 spiro atoms. The molecule has 1 aliphatic heterocycles. The summed E-state index contributed by atoms with van der Waals surface area (Å²) in [6.07, 6.45) is 0.111. The van der Waals surface area contributed by atoms with Gasteiger partial charge >= 0.3 is 0 Å². The van der Waals surface area contributed by atoms with E-state index in [4.69, 9.17) is 34.8 Å². The van der Waals surface area contributed by atoms with Crippen LogP contribution in [0.15, 0.2) is 36.4 Å². The monoisotopic (exact) mass is 396 g/mol. The van der Waals surface area contributed by atoms with E-state index in [0.717, 1.165) is 5.56 Å². The van der Waals surface area contributed by atoms with Crippen molar-refractivity contribution < 1.29 is 9.59 Å². The lowest BCUT2D eigenvalue weighted by molar-refractivity contribution is -0.122. The zero-order valence-corrected chi connectivity index (χ0v) is 15.6. The van der Waals surface area contributed by atoms with Crippen LogP contribution in [0.3, 0.4) is 0 Å². The third-order valence-electron chi connectivity index (χ3n) is 4.15. The molecule has 2 aromatic rings. The Bertz CT molecular complexity index is 834. The molecule has 1 atom stereocenters. The average Bonchev–Trinajstić information content (AvgIpc) is 2.92. The van der Waals surface area contributed by atoms with E-state index in [-0.39, 0.29) is 24.8 Å². The van der Waals surface area contributed by atoms with Gasteiger partial charge in [-0.2, -0.15) is 0 Å². The molecule has 4 nitrogen and oxygen atoms in total. The first-order chi connectivity index (χ1) is 11.9. The van der Waals surface area contributed by atoms with Crippen molar-refractivity contribution in [1.82, 2.24) is 0 Å². The zero-order chi connectivity index (χ0) is 18.1. The van der Waals surface area contributed by atoms with Gasteiger partial charge in [0.15, 0.2) is 0 Å². The minimum absolute atomic E-state index is 0.111. The lowest BCUT2D eigenvalue weighted by Gasteiger charge is -2.19. The second-order valence-corrected chi connectivity index (χ2v) is 7.17. The summed E-state index contributed by atoms with van der Waals surface area (Å²) in [5.74, 6) is -0.873. The standard InChI is InChI=1S/C18H15Cl3N2O2/c1-10-7-12(19)5-6-15(10)22-18(25)11-8-16(24)23(9-11)17-13(20)3-2-4-14(17)21/h2-7,11H,8-9H2,1H3,(H,22,25). The summed E-state index contributed by atoms with van der Waals surface area (Å²) in [5, 5.41) is 4.23. The SMILES string of the molecule is Cc1cc(Cl)ccc1NC(=O)C1CC(=O)N(c2c(Cl)cccc2Cl)C1. The van der Waals surface area contributed by atoms with Crippen molar-refractivity contribution in [2.75, 3.05) is 16.8 Å². The fraction of sp³-hybridized carbons (Fsp3) is 0.222. The Labute approximate surface area is 160 Å². The highest BCUT2D eigenvalue weighted by atomic mass is 35.5. The number of hydrogen-bond donors (Lipinski definition) is 1. The highest BCUT2D eigenvalue weighted by molar-refractivity contribution is 6.40. The maximum Gasteiger partial charge on any atom is 0.229 e. The highest BCUT2D eigenvalue weighted by Crippen LogP contribution is 2.37. The molecule has 1 unspecified atom stereocenters. The number of para-hydroxylation sites is 1. The van der Waals surface area contributed by atoms with E-state index in [2.05, 4.69) is 5.32 Å². The van der Waals surface area contributed by atoms with Gasteiger partial charge in [-0.05, 0) is 42.8 Å². The number of anilines is 2. The molecular weight excluding hydrogens is 383 g/mol. The molecule has 1 N–H and O–H groups in total. The molecule has 0 radical (unpaired) electrons. The summed E-state index contributed by atoms with van der Waals surface area (Å²) in [5.41, 5.74) is 1.99. The third-order valence-corrected chi connectivity index (χ3v) is 4.99. The Balaban J connectivity index is 1.77. The van der Waals surface area contributed by atoms with Crippen molar-refractivity contribution >= 4 is 58.0 Å². The van der Waals surface area contributed by atoms with Gasteiger partial charge in [0.05, 0.1) is 21.7 Å². The molecule has 0 aliphatic carbocycles. The Morgan fingerprint density at radius 2 is 1.84 bits per heavy atom. The maximum absolute atomic E-state index is 12.6. The van der Waals surface area contributed by atoms with Gasteiger partial charge in [-0.3, -0.25) is 9.59 Å². The topological polar surface area (TPSA) is 49.4 Å². The average molecular weight is 398 g/mol. The van der Waals surface area contributed by atoms with E-state index in [1.54, 1.807) is 36.4 Å². The molecule has 1 fully saturated rings. The number of nitrogens with zero attached hydrogens (tertiary/aromatic N) is 1. The van der Waals surface area contributed by atoms with Crippen LogP contribution in [0, 0.1) is 12.8 Å². The fourth-order valence-electron chi connectivity index (χ4n) is 2.85. The number of carbonyl (C=O) groups is 2. The summed E-state index contributed by atoms with van der Waals surface area (Å²) in [7, 11) is 0. The number of aryl methyl sites for hydroxylation is 1. The fourth-order valence-corrected chi connectivity index (χ4v) is 3.68. The Morgan fingerprint density at radius 3 is 2.48 bits per heavy atom. The minimum Gasteiger partial charge on any atom is -0.326 e. The number of hydrogen-bond acceptors (Lipinski definition) is 2. The largest absolute Gasteiger partial charge is 0.326 e. The summed E-state index contributed by atoms with van der Waals surface area (Å²) >= 11 is 18.3. The molecule has 0 saturated carbocycles. The number of rotatable bonds is 3. The van der Waals surface area contributed by atoms with Gasteiger partial charge < -0.3 is 10.2 Å². The zero-order valence-electron chi connectivity index (χ0n) is 13.4. The lowest BCUT2D eigenvalue weighted by atomic mass is 10.1. The summed E-state index contributed by atoms with van der Waals surface area (Å²) < 4.78 is 0. The van der Waals surface area contributed by atoms with Gasteiger partial charge in [0.25, 0.3) is 0 Å². The summed E-state index contributed by atoms with van der Waals surface area (Å²) in [6.45, 7) is 2.10. The molecule has 3 rings (SSSR count). The first-order valence-electron chi connectivity index (χ1n) is 7.68. The molecule has 0 bridgehead atoms. The van der Waals surface area contributed by atoms with Crippen LogP contribution >= 0.6 is 34.8 Å². The third kappa shape index (κ3) is 3.76. The second-order valence-electron chi connectivity index (χ2n) is 5.92. The van der Waals surface area contributed by atoms with Crippen LogP contribution in [0.1, 0.15) is 12.0 Å². The van der Waals surface area contributed by atoms with Crippen molar-refractivity contribution in [2.24, 2.45) is 5.92 Å². The summed E-state index contributed by atoms with van der Waals surface area (Å²) in [6, 6.07) is 10.3. The lowest BCUT2D eigenvalue weighted by Crippen LogP contribution is -2.28. The van der Waals surface area contributed by atoms with Gasteiger partial charge in [-0.25, -0.2) is 0 Å². The normalized spacial score (nSPS) is 17.0. The number of carbonyl (C=O) groups excluding carboxylic acids is 2. The maximum atomic E-state index is 12.6. The van der Waals surface area contributed by atoms with Gasteiger partial charge in [0, 0.05) is 23.7 Å². The predicted molar refractivity (Wildman–Crippen MR) is 102 cm³/mol. The van der Waals surface area contributed by atoms with E-state index in [9.17, 15) is 9.59 Å². The van der Waals surface area contributed by atoms with Crippen molar-refractivity contribution in [3.63, 3.8) is 0 Å². The molecule has 1 saturated heterocycles. The molecular formula is C18H15Cl3N2O2. The predicted octanol–water partition coefficient (Wildman–Crippen LogP) is 4.95. The molecule has 130 valence electrons. The van der Waals surface area contributed by atoms with E-state index in [0.29, 0.717) is 26.4 Å². The Morgan fingerprint density at radius 1 is 1.16 bits per heavy atom. The van der Waals surface area contributed by atoms with Crippen LogP contribution in [0.4, 0.5) is 11.4 Å². The van der Waals surface area contributed by atoms with Crippen molar-refractivity contribution in [3.05, 3.63) is 57.0 Å². The van der Waals surface area contributed by atoms with Gasteiger partial charge in [0.1, 0.15) is 0 Å². The van der Waals surface area contributed by atoms with Crippen molar-refractivity contribution in [2.45, 2.75) is 13.3 Å². The molecule has 25 heavy (non-hydrogen) atoms. The molecule has 1 heterocycles. The first kappa shape index (κ1) is 18.1. The van der Waals surface area contributed by atoms with E-state index >= 15 is 0 Å². The molecule has 2 amide bonds. The number of amides is 2. The van der Waals surface area contributed by atoms with Gasteiger partial charge in [-0.1, -0.05) is 40.9 Å². The van der Waals surface area contributed by atoms with Crippen LogP contribution < -0.4 is 10.2 Å². The smallest absolute Gasteiger partial charge is 0.229 e. The second kappa shape index (κ2) is 7.24. The molecule has 0 aromatic heterocycles. The van der Waals surface area contributed by atoms with Crippen LogP contribution in [0.5, 0.6) is 0 Å². The van der Waals surface area contributed by atoms with Gasteiger partial charge in [-0.15, -0.1) is 0 Å². The quantitative estimate of drug-likeness (QED) is 0.797.